The number of fused-ring (bicyclic) bond motifs is 3. The first-order chi connectivity index (χ1) is 29.1. The molecule has 0 saturated carbocycles. The fourth-order valence-electron chi connectivity index (χ4n) is 8.01. The standard InChI is InChI=1S/C53H33N5O/c54-32-34-14-18-36(19-15-34)38-22-24-40(25-23-38)44-30-46(41-28-26-39(27-29-41)37-20-16-35(33-55)17-21-37)50-47(31-44)49-45(12-7-13-48(49)59-50)53-57-51(42-8-3-1-4-9-42)56-52(58-53)43-10-5-2-6-11-43/h1-31,47,50H/t47?,50-/m0/s1. The van der Waals surface area contributed by atoms with Gasteiger partial charge in [0.25, 0.3) is 0 Å². The van der Waals surface area contributed by atoms with Crippen molar-refractivity contribution in [2.75, 3.05) is 0 Å². The molecule has 1 aliphatic carbocycles. The number of ether oxygens (including phenoxy) is 1. The van der Waals surface area contributed by atoms with Crippen LogP contribution in [0.1, 0.15) is 33.7 Å². The number of aromatic nitrogens is 3. The maximum Gasteiger partial charge on any atom is 0.164 e. The van der Waals surface area contributed by atoms with Crippen molar-refractivity contribution in [3.05, 3.63) is 216 Å². The molecule has 1 aliphatic heterocycles. The van der Waals surface area contributed by atoms with Gasteiger partial charge in [0.05, 0.1) is 23.3 Å². The van der Waals surface area contributed by atoms with Crippen LogP contribution in [0.4, 0.5) is 0 Å². The first-order valence-electron chi connectivity index (χ1n) is 19.4. The van der Waals surface area contributed by atoms with Gasteiger partial charge in [-0.15, -0.1) is 0 Å². The Morgan fingerprint density at radius 1 is 0.424 bits per heavy atom. The van der Waals surface area contributed by atoms with Crippen molar-refractivity contribution in [3.63, 3.8) is 0 Å². The summed E-state index contributed by atoms with van der Waals surface area (Å²) >= 11 is 0. The molecule has 1 unspecified atom stereocenters. The molecule has 6 heteroatoms. The molecular weight excluding hydrogens is 723 g/mol. The minimum atomic E-state index is -0.294. The highest BCUT2D eigenvalue weighted by Crippen LogP contribution is 2.51. The second kappa shape index (κ2) is 15.0. The van der Waals surface area contributed by atoms with Crippen molar-refractivity contribution < 1.29 is 4.74 Å². The van der Waals surface area contributed by atoms with E-state index in [1.807, 2.05) is 121 Å². The van der Waals surface area contributed by atoms with Crippen molar-refractivity contribution in [2.45, 2.75) is 12.0 Å². The molecule has 0 radical (unpaired) electrons. The van der Waals surface area contributed by atoms with Gasteiger partial charge in [0.2, 0.25) is 0 Å². The van der Waals surface area contributed by atoms with Crippen LogP contribution in [0.3, 0.4) is 0 Å². The third-order valence-electron chi connectivity index (χ3n) is 11.0. The molecule has 10 rings (SSSR count). The Morgan fingerprint density at radius 2 is 0.881 bits per heavy atom. The molecular formula is C53H33N5O. The van der Waals surface area contributed by atoms with Crippen molar-refractivity contribution in [1.82, 2.24) is 15.0 Å². The lowest BCUT2D eigenvalue weighted by Gasteiger charge is -2.26. The minimum absolute atomic E-state index is 0.148. The summed E-state index contributed by atoms with van der Waals surface area (Å²) in [5.41, 5.74) is 13.6. The molecule has 2 heterocycles. The van der Waals surface area contributed by atoms with Gasteiger partial charge in [-0.3, -0.25) is 0 Å². The Bertz CT molecular complexity index is 2940. The van der Waals surface area contributed by atoms with Crippen molar-refractivity contribution in [3.8, 4) is 74.3 Å². The summed E-state index contributed by atoms with van der Waals surface area (Å²) in [6.07, 6.45) is 4.28. The zero-order valence-electron chi connectivity index (χ0n) is 31.7. The molecule has 7 aromatic carbocycles. The van der Waals surface area contributed by atoms with E-state index in [2.05, 4.69) is 78.9 Å². The first-order valence-corrected chi connectivity index (χ1v) is 19.4. The van der Waals surface area contributed by atoms with E-state index in [-0.39, 0.29) is 12.0 Å². The third-order valence-corrected chi connectivity index (χ3v) is 11.0. The summed E-state index contributed by atoms with van der Waals surface area (Å²) in [7, 11) is 0. The normalized spacial score (nSPS) is 15.1. The molecule has 0 amide bonds. The average Bonchev–Trinajstić information content (AvgIpc) is 3.71. The number of hydrogen-bond acceptors (Lipinski definition) is 6. The summed E-state index contributed by atoms with van der Waals surface area (Å²) in [4.78, 5) is 15.2. The molecule has 0 fully saturated rings. The minimum Gasteiger partial charge on any atom is -0.484 e. The molecule has 0 saturated heterocycles. The maximum absolute atomic E-state index is 9.32. The lowest BCUT2D eigenvalue weighted by Crippen LogP contribution is -2.22. The van der Waals surface area contributed by atoms with Gasteiger partial charge in [0.1, 0.15) is 11.9 Å². The second-order valence-corrected chi connectivity index (χ2v) is 14.6. The molecule has 2 atom stereocenters. The largest absolute Gasteiger partial charge is 0.484 e. The summed E-state index contributed by atoms with van der Waals surface area (Å²) in [5, 5.41) is 18.6. The quantitative estimate of drug-likeness (QED) is 0.161. The molecule has 8 aromatic rings. The van der Waals surface area contributed by atoms with E-state index in [4.69, 9.17) is 19.7 Å². The molecule has 276 valence electrons. The Hall–Kier alpha value is -8.19. The van der Waals surface area contributed by atoms with Gasteiger partial charge in [-0.05, 0) is 75.4 Å². The van der Waals surface area contributed by atoms with Crippen molar-refractivity contribution >= 4 is 11.1 Å². The van der Waals surface area contributed by atoms with Gasteiger partial charge in [-0.25, -0.2) is 15.0 Å². The van der Waals surface area contributed by atoms with Gasteiger partial charge in [-0.1, -0.05) is 152 Å². The smallest absolute Gasteiger partial charge is 0.164 e. The Morgan fingerprint density at radius 3 is 1.39 bits per heavy atom. The van der Waals surface area contributed by atoms with Crippen LogP contribution in [0.25, 0.3) is 67.6 Å². The van der Waals surface area contributed by atoms with E-state index in [0.29, 0.717) is 28.6 Å². The Labute approximate surface area is 342 Å². The van der Waals surface area contributed by atoms with E-state index >= 15 is 0 Å². The van der Waals surface area contributed by atoms with E-state index in [1.165, 1.54) is 0 Å². The zero-order valence-corrected chi connectivity index (χ0v) is 31.7. The predicted octanol–water partition coefficient (Wildman–Crippen LogP) is 12.0. The summed E-state index contributed by atoms with van der Waals surface area (Å²) in [5.74, 6) is 2.45. The Kier molecular flexibility index (Phi) is 8.99. The summed E-state index contributed by atoms with van der Waals surface area (Å²) in [6, 6.07) is 63.1. The van der Waals surface area contributed by atoms with Crippen LogP contribution in [-0.4, -0.2) is 21.1 Å². The van der Waals surface area contributed by atoms with E-state index in [1.54, 1.807) is 0 Å². The fourth-order valence-corrected chi connectivity index (χ4v) is 8.01. The highest BCUT2D eigenvalue weighted by molar-refractivity contribution is 5.91. The zero-order chi connectivity index (χ0) is 39.7. The van der Waals surface area contributed by atoms with Crippen LogP contribution >= 0.6 is 0 Å². The van der Waals surface area contributed by atoms with Gasteiger partial charge in [0.15, 0.2) is 17.5 Å². The van der Waals surface area contributed by atoms with Gasteiger partial charge >= 0.3 is 0 Å². The van der Waals surface area contributed by atoms with E-state index in [0.717, 1.165) is 72.5 Å². The maximum atomic E-state index is 9.32. The lowest BCUT2D eigenvalue weighted by molar-refractivity contribution is 0.278. The van der Waals surface area contributed by atoms with Crippen molar-refractivity contribution in [2.24, 2.45) is 0 Å². The number of allylic oxidation sites excluding steroid dienone is 2. The molecule has 6 nitrogen and oxygen atoms in total. The highest BCUT2D eigenvalue weighted by atomic mass is 16.5. The lowest BCUT2D eigenvalue weighted by atomic mass is 9.79. The van der Waals surface area contributed by atoms with Crippen LogP contribution in [-0.2, 0) is 0 Å². The molecule has 2 aliphatic rings. The Balaban J connectivity index is 1.09. The molecule has 0 spiro atoms. The molecule has 0 bridgehead atoms. The number of benzene rings is 7. The van der Waals surface area contributed by atoms with Gasteiger partial charge < -0.3 is 4.74 Å². The van der Waals surface area contributed by atoms with E-state index in [9.17, 15) is 10.5 Å². The number of nitrogens with zero attached hydrogens (tertiary/aromatic N) is 5. The molecule has 1 aromatic heterocycles. The van der Waals surface area contributed by atoms with Gasteiger partial charge in [-0.2, -0.15) is 10.5 Å². The van der Waals surface area contributed by atoms with Crippen LogP contribution < -0.4 is 4.74 Å². The van der Waals surface area contributed by atoms with Crippen molar-refractivity contribution in [1.29, 1.82) is 10.5 Å². The van der Waals surface area contributed by atoms with Crippen LogP contribution in [0, 0.1) is 22.7 Å². The average molecular weight is 756 g/mol. The third kappa shape index (κ3) is 6.76. The molecule has 59 heavy (non-hydrogen) atoms. The van der Waals surface area contributed by atoms with E-state index < -0.39 is 0 Å². The SMILES string of the molecule is N#Cc1ccc(-c2ccc(C3=CC4c5c(cccc5-c5nc(-c6ccccc6)nc(-c6ccccc6)n5)O[C@H]4C(c4ccc(-c5ccc(C#N)cc5)cc4)=C3)cc2)cc1. The summed E-state index contributed by atoms with van der Waals surface area (Å²) < 4.78 is 6.95. The monoisotopic (exact) mass is 755 g/mol. The summed E-state index contributed by atoms with van der Waals surface area (Å²) in [6.45, 7) is 0. The number of rotatable bonds is 7. The van der Waals surface area contributed by atoms with Crippen LogP contribution in [0.15, 0.2) is 188 Å². The van der Waals surface area contributed by atoms with Crippen LogP contribution in [0.5, 0.6) is 5.75 Å². The van der Waals surface area contributed by atoms with Crippen LogP contribution in [0.2, 0.25) is 0 Å². The fraction of sp³-hybridized carbons (Fsp3) is 0.0377. The predicted molar refractivity (Wildman–Crippen MR) is 232 cm³/mol. The second-order valence-electron chi connectivity index (χ2n) is 14.6. The number of hydrogen-bond donors (Lipinski definition) is 0. The molecule has 0 N–H and O–H groups in total. The topological polar surface area (TPSA) is 95.5 Å². The highest BCUT2D eigenvalue weighted by Gasteiger charge is 2.41. The van der Waals surface area contributed by atoms with Gasteiger partial charge in [0, 0.05) is 33.7 Å². The number of nitriles is 2. The first kappa shape index (κ1) is 35.2.